The van der Waals surface area contributed by atoms with Crippen molar-refractivity contribution in [2.75, 3.05) is 20.1 Å². The first-order valence-corrected chi connectivity index (χ1v) is 8.91. The summed E-state index contributed by atoms with van der Waals surface area (Å²) in [4.78, 5) is 12.1. The van der Waals surface area contributed by atoms with Crippen LogP contribution < -0.4 is 5.32 Å². The van der Waals surface area contributed by atoms with Crippen LogP contribution in [-0.2, 0) is 10.0 Å². The molecule has 0 aliphatic rings. The summed E-state index contributed by atoms with van der Waals surface area (Å²) in [6, 6.07) is 7.20. The molecule has 0 aliphatic heterocycles. The molecule has 0 fully saturated rings. The third-order valence-electron chi connectivity index (χ3n) is 3.63. The van der Waals surface area contributed by atoms with E-state index < -0.39 is 10.0 Å². The topological polar surface area (TPSA) is 92.5 Å². The van der Waals surface area contributed by atoms with E-state index in [1.54, 1.807) is 32.0 Å². The molecular weight excluding hydrogens is 330 g/mol. The molecule has 0 saturated heterocycles. The van der Waals surface area contributed by atoms with Gasteiger partial charge in [-0.1, -0.05) is 22.9 Å². The number of aryl methyl sites for hydroxylation is 3. The first-order valence-electron chi connectivity index (χ1n) is 7.47. The van der Waals surface area contributed by atoms with Crippen molar-refractivity contribution in [1.82, 2.24) is 14.8 Å². The fourth-order valence-electron chi connectivity index (χ4n) is 2.33. The maximum Gasteiger partial charge on any atom is 0.251 e. The molecule has 0 saturated carbocycles. The van der Waals surface area contributed by atoms with E-state index in [1.165, 1.54) is 11.4 Å². The summed E-state index contributed by atoms with van der Waals surface area (Å²) in [5.41, 5.74) is 1.86. The standard InChI is InChI=1S/C16H21N3O4S/c1-11-6-5-7-14(10-11)16(20)17-8-9-19(4)24(21,22)15-12(2)18-23-13(15)3/h5-7,10H,8-9H2,1-4H3,(H,17,20). The van der Waals surface area contributed by atoms with Crippen LogP contribution in [0, 0.1) is 20.8 Å². The molecule has 0 aliphatic carbocycles. The molecule has 24 heavy (non-hydrogen) atoms. The average molecular weight is 351 g/mol. The van der Waals surface area contributed by atoms with Crippen molar-refractivity contribution in [2.45, 2.75) is 25.7 Å². The zero-order valence-corrected chi connectivity index (χ0v) is 15.0. The number of carbonyl (C=O) groups is 1. The van der Waals surface area contributed by atoms with E-state index in [0.29, 0.717) is 11.3 Å². The molecule has 1 aromatic carbocycles. The molecule has 0 radical (unpaired) electrons. The van der Waals surface area contributed by atoms with E-state index in [1.807, 2.05) is 13.0 Å². The molecule has 1 amide bonds. The van der Waals surface area contributed by atoms with Crippen LogP contribution in [0.1, 0.15) is 27.4 Å². The van der Waals surface area contributed by atoms with Gasteiger partial charge in [0.2, 0.25) is 10.0 Å². The summed E-state index contributed by atoms with van der Waals surface area (Å²) >= 11 is 0. The van der Waals surface area contributed by atoms with E-state index in [9.17, 15) is 13.2 Å². The zero-order chi connectivity index (χ0) is 17.9. The Morgan fingerprint density at radius 2 is 2.00 bits per heavy atom. The van der Waals surface area contributed by atoms with Gasteiger partial charge in [0.05, 0.1) is 0 Å². The van der Waals surface area contributed by atoms with Crippen molar-refractivity contribution < 1.29 is 17.7 Å². The van der Waals surface area contributed by atoms with Gasteiger partial charge in [-0.25, -0.2) is 8.42 Å². The van der Waals surface area contributed by atoms with Gasteiger partial charge in [-0.05, 0) is 32.9 Å². The van der Waals surface area contributed by atoms with Crippen molar-refractivity contribution in [1.29, 1.82) is 0 Å². The molecule has 0 atom stereocenters. The van der Waals surface area contributed by atoms with Gasteiger partial charge in [0.15, 0.2) is 5.76 Å². The highest BCUT2D eigenvalue weighted by Gasteiger charge is 2.28. The van der Waals surface area contributed by atoms with Crippen molar-refractivity contribution in [3.8, 4) is 0 Å². The molecule has 130 valence electrons. The first-order chi connectivity index (χ1) is 11.2. The Morgan fingerprint density at radius 3 is 2.58 bits per heavy atom. The Kier molecular flexibility index (Phi) is 5.40. The largest absolute Gasteiger partial charge is 0.360 e. The number of rotatable bonds is 6. The summed E-state index contributed by atoms with van der Waals surface area (Å²) in [6.07, 6.45) is 0. The second kappa shape index (κ2) is 7.14. The third-order valence-corrected chi connectivity index (χ3v) is 5.73. The number of nitrogens with zero attached hydrogens (tertiary/aromatic N) is 2. The average Bonchev–Trinajstić information content (AvgIpc) is 2.86. The minimum atomic E-state index is -3.70. The van der Waals surface area contributed by atoms with Crippen LogP contribution in [0.4, 0.5) is 0 Å². The Bertz CT molecular complexity index is 823. The number of amides is 1. The van der Waals surface area contributed by atoms with Gasteiger partial charge < -0.3 is 9.84 Å². The van der Waals surface area contributed by atoms with E-state index >= 15 is 0 Å². The lowest BCUT2D eigenvalue weighted by Gasteiger charge is -2.17. The molecule has 1 aromatic heterocycles. The van der Waals surface area contributed by atoms with Gasteiger partial charge in [0.25, 0.3) is 5.91 Å². The van der Waals surface area contributed by atoms with Gasteiger partial charge in [-0.2, -0.15) is 4.31 Å². The van der Waals surface area contributed by atoms with Crippen LogP contribution >= 0.6 is 0 Å². The lowest BCUT2D eigenvalue weighted by molar-refractivity contribution is 0.0952. The van der Waals surface area contributed by atoms with Crippen LogP contribution in [-0.4, -0.2) is 43.9 Å². The highest BCUT2D eigenvalue weighted by Crippen LogP contribution is 2.21. The number of carbonyl (C=O) groups excluding carboxylic acids is 1. The number of likely N-dealkylation sites (N-methyl/N-ethyl adjacent to an activating group) is 1. The van der Waals surface area contributed by atoms with Crippen molar-refractivity contribution in [3.05, 3.63) is 46.8 Å². The van der Waals surface area contributed by atoms with Crippen molar-refractivity contribution >= 4 is 15.9 Å². The minimum absolute atomic E-state index is 0.0787. The molecule has 0 spiro atoms. The molecule has 1 N–H and O–H groups in total. The molecule has 8 heteroatoms. The van der Waals surface area contributed by atoms with Crippen molar-refractivity contribution in [2.24, 2.45) is 0 Å². The van der Waals surface area contributed by atoms with E-state index in [-0.39, 0.29) is 29.7 Å². The van der Waals surface area contributed by atoms with Crippen LogP contribution in [0.2, 0.25) is 0 Å². The summed E-state index contributed by atoms with van der Waals surface area (Å²) in [7, 11) is -2.24. The first kappa shape index (κ1) is 18.2. The number of hydrogen-bond donors (Lipinski definition) is 1. The van der Waals surface area contributed by atoms with E-state index in [2.05, 4.69) is 10.5 Å². The third kappa shape index (κ3) is 3.82. The molecule has 0 bridgehead atoms. The van der Waals surface area contributed by atoms with Crippen LogP contribution in [0.3, 0.4) is 0 Å². The fraction of sp³-hybridized carbons (Fsp3) is 0.375. The normalized spacial score (nSPS) is 11.7. The Morgan fingerprint density at radius 1 is 1.29 bits per heavy atom. The maximum atomic E-state index is 12.5. The number of nitrogens with one attached hydrogen (secondary N) is 1. The monoisotopic (exact) mass is 351 g/mol. The number of sulfonamides is 1. The number of benzene rings is 1. The van der Waals surface area contributed by atoms with Gasteiger partial charge in [-0.3, -0.25) is 4.79 Å². The summed E-state index contributed by atoms with van der Waals surface area (Å²) in [5, 5.41) is 6.39. The fourth-order valence-corrected chi connectivity index (χ4v) is 3.79. The molecule has 2 rings (SSSR count). The van der Waals surface area contributed by atoms with E-state index in [0.717, 1.165) is 5.56 Å². The maximum absolute atomic E-state index is 12.5. The van der Waals surface area contributed by atoms with E-state index in [4.69, 9.17) is 4.52 Å². The van der Waals surface area contributed by atoms with Crippen LogP contribution in [0.15, 0.2) is 33.7 Å². The minimum Gasteiger partial charge on any atom is -0.360 e. The SMILES string of the molecule is Cc1cccc(C(=O)NCCN(C)S(=O)(=O)c2c(C)noc2C)c1. The van der Waals surface area contributed by atoms with Crippen molar-refractivity contribution in [3.63, 3.8) is 0 Å². The predicted octanol–water partition coefficient (Wildman–Crippen LogP) is 1.65. The summed E-state index contributed by atoms with van der Waals surface area (Å²) in [5.74, 6) is 0.0185. The smallest absolute Gasteiger partial charge is 0.251 e. The predicted molar refractivity (Wildman–Crippen MR) is 89.3 cm³/mol. The van der Waals surface area contributed by atoms with Gasteiger partial charge in [-0.15, -0.1) is 0 Å². The quantitative estimate of drug-likeness (QED) is 0.854. The molecule has 1 heterocycles. The highest BCUT2D eigenvalue weighted by atomic mass is 32.2. The molecule has 2 aromatic rings. The van der Waals surface area contributed by atoms with Gasteiger partial charge in [0.1, 0.15) is 10.6 Å². The Balaban J connectivity index is 1.98. The van der Waals surface area contributed by atoms with Crippen LogP contribution in [0.25, 0.3) is 0 Å². The second-order valence-corrected chi connectivity index (χ2v) is 7.59. The Hall–Kier alpha value is -2.19. The lowest BCUT2D eigenvalue weighted by atomic mass is 10.1. The second-order valence-electron chi connectivity index (χ2n) is 5.61. The number of aromatic nitrogens is 1. The summed E-state index contributed by atoms with van der Waals surface area (Å²) in [6.45, 7) is 5.38. The summed E-state index contributed by atoms with van der Waals surface area (Å²) < 4.78 is 31.2. The number of hydrogen-bond acceptors (Lipinski definition) is 5. The lowest BCUT2D eigenvalue weighted by Crippen LogP contribution is -2.36. The Labute approximate surface area is 141 Å². The van der Waals surface area contributed by atoms with Crippen LogP contribution in [0.5, 0.6) is 0 Å². The van der Waals surface area contributed by atoms with Gasteiger partial charge >= 0.3 is 0 Å². The van der Waals surface area contributed by atoms with Gasteiger partial charge in [0, 0.05) is 25.7 Å². The highest BCUT2D eigenvalue weighted by molar-refractivity contribution is 7.89. The molecular formula is C16H21N3O4S. The molecule has 0 unspecified atom stereocenters. The zero-order valence-electron chi connectivity index (χ0n) is 14.2. The molecule has 7 nitrogen and oxygen atoms in total.